The van der Waals surface area contributed by atoms with Gasteiger partial charge in [-0.05, 0) is 81.1 Å². The van der Waals surface area contributed by atoms with Crippen LogP contribution >= 0.6 is 0 Å². The van der Waals surface area contributed by atoms with E-state index in [9.17, 15) is 14.4 Å². The number of anilines is 3. The van der Waals surface area contributed by atoms with Gasteiger partial charge in [0.25, 0.3) is 5.91 Å². The fourth-order valence-corrected chi connectivity index (χ4v) is 5.33. The molecule has 0 spiro atoms. The third-order valence-electron chi connectivity index (χ3n) is 7.05. The third-order valence-corrected chi connectivity index (χ3v) is 7.05. The topological polar surface area (TPSA) is 99.0 Å². The SMILES string of the molecule is Cc1cccc(N(C(N)=O)C2CC(c3cccc(N(C)C)c3)c3ccccc3N(CC(=O)NC(C)(C)C)C2=O)c1. The molecule has 0 aromatic heterocycles. The number of urea groups is 1. The number of nitrogens with zero attached hydrogens (tertiary/aromatic N) is 3. The molecule has 4 amide bonds. The zero-order chi connectivity index (χ0) is 29.2. The number of nitrogens with one attached hydrogen (secondary N) is 1. The Morgan fingerprint density at radius 1 is 0.975 bits per heavy atom. The van der Waals surface area contributed by atoms with Crippen molar-refractivity contribution in [3.05, 3.63) is 89.5 Å². The number of rotatable bonds is 6. The second kappa shape index (κ2) is 11.4. The van der Waals surface area contributed by atoms with Gasteiger partial charge in [-0.25, -0.2) is 4.79 Å². The van der Waals surface area contributed by atoms with Crippen molar-refractivity contribution in [2.24, 2.45) is 5.73 Å². The first-order valence-corrected chi connectivity index (χ1v) is 13.5. The summed E-state index contributed by atoms with van der Waals surface area (Å²) < 4.78 is 0. The van der Waals surface area contributed by atoms with Crippen LogP contribution in [0, 0.1) is 6.92 Å². The molecular formula is C32H39N5O3. The van der Waals surface area contributed by atoms with Gasteiger partial charge in [0.05, 0.1) is 0 Å². The number of primary amides is 1. The molecular weight excluding hydrogens is 502 g/mol. The van der Waals surface area contributed by atoms with Gasteiger partial charge < -0.3 is 20.9 Å². The van der Waals surface area contributed by atoms with Crippen molar-refractivity contribution in [2.75, 3.05) is 35.3 Å². The molecule has 3 N–H and O–H groups in total. The van der Waals surface area contributed by atoms with Gasteiger partial charge >= 0.3 is 6.03 Å². The van der Waals surface area contributed by atoms with Crippen LogP contribution in [0.1, 0.15) is 49.8 Å². The lowest BCUT2D eigenvalue weighted by atomic mass is 9.85. The van der Waals surface area contributed by atoms with E-state index in [1.807, 2.05) is 107 Å². The Hall–Kier alpha value is -4.33. The van der Waals surface area contributed by atoms with Crippen molar-refractivity contribution in [3.8, 4) is 0 Å². The summed E-state index contributed by atoms with van der Waals surface area (Å²) in [7, 11) is 3.96. The summed E-state index contributed by atoms with van der Waals surface area (Å²) >= 11 is 0. The molecule has 1 heterocycles. The molecule has 4 rings (SSSR count). The van der Waals surface area contributed by atoms with E-state index in [1.54, 1.807) is 6.07 Å². The van der Waals surface area contributed by atoms with E-state index in [0.29, 0.717) is 17.8 Å². The van der Waals surface area contributed by atoms with E-state index in [4.69, 9.17) is 5.73 Å². The van der Waals surface area contributed by atoms with Crippen molar-refractivity contribution in [1.82, 2.24) is 5.32 Å². The molecule has 8 nitrogen and oxygen atoms in total. The highest BCUT2D eigenvalue weighted by Crippen LogP contribution is 2.41. The number of aryl methyl sites for hydroxylation is 1. The second-order valence-corrected chi connectivity index (χ2v) is 11.6. The van der Waals surface area contributed by atoms with E-state index >= 15 is 0 Å². The van der Waals surface area contributed by atoms with Crippen molar-refractivity contribution >= 4 is 34.9 Å². The third kappa shape index (κ3) is 6.28. The van der Waals surface area contributed by atoms with Gasteiger partial charge in [0.15, 0.2) is 0 Å². The minimum atomic E-state index is -0.942. The van der Waals surface area contributed by atoms with E-state index in [1.165, 1.54) is 9.80 Å². The Morgan fingerprint density at radius 3 is 2.30 bits per heavy atom. The molecule has 2 atom stereocenters. The highest BCUT2D eigenvalue weighted by Gasteiger charge is 2.41. The van der Waals surface area contributed by atoms with Gasteiger partial charge in [-0.2, -0.15) is 0 Å². The molecule has 8 heteroatoms. The average molecular weight is 542 g/mol. The number of benzene rings is 3. The summed E-state index contributed by atoms with van der Waals surface area (Å²) in [6.07, 6.45) is 0.293. The minimum absolute atomic E-state index is 0.186. The van der Waals surface area contributed by atoms with Gasteiger partial charge in [-0.1, -0.05) is 42.5 Å². The highest BCUT2D eigenvalue weighted by atomic mass is 16.2. The normalized spacial score (nSPS) is 17.1. The first-order chi connectivity index (χ1) is 18.9. The number of hydrogen-bond donors (Lipinski definition) is 2. The molecule has 40 heavy (non-hydrogen) atoms. The van der Waals surface area contributed by atoms with Crippen LogP contribution in [-0.2, 0) is 9.59 Å². The Morgan fingerprint density at radius 2 is 1.65 bits per heavy atom. The van der Waals surface area contributed by atoms with E-state index < -0.39 is 17.6 Å². The molecule has 1 aliphatic rings. The zero-order valence-electron chi connectivity index (χ0n) is 24.1. The Kier molecular flexibility index (Phi) is 8.18. The molecule has 3 aromatic carbocycles. The molecule has 3 aromatic rings. The standard InChI is InChI=1S/C32H39N5O3/c1-21-11-9-14-24(17-21)37(31(33)40)28-19-26(22-12-10-13-23(18-22)35(5)6)25-15-7-8-16-27(25)36(30(28)39)20-29(38)34-32(2,3)4/h7-18,26,28H,19-20H2,1-6H3,(H2,33,40)(H,34,38). The molecule has 0 radical (unpaired) electrons. The summed E-state index contributed by atoms with van der Waals surface area (Å²) in [5.41, 5.74) is 10.6. The predicted molar refractivity (Wildman–Crippen MR) is 161 cm³/mol. The molecule has 0 saturated carbocycles. The van der Waals surface area contributed by atoms with Gasteiger partial charge in [-0.15, -0.1) is 0 Å². The highest BCUT2D eigenvalue weighted by molar-refractivity contribution is 6.08. The van der Waals surface area contributed by atoms with Crippen LogP contribution in [-0.4, -0.2) is 50.1 Å². The van der Waals surface area contributed by atoms with Crippen molar-refractivity contribution in [3.63, 3.8) is 0 Å². The average Bonchev–Trinajstić information content (AvgIpc) is 2.98. The lowest BCUT2D eigenvalue weighted by Gasteiger charge is -2.33. The number of carbonyl (C=O) groups is 3. The van der Waals surface area contributed by atoms with Crippen LogP contribution in [0.4, 0.5) is 21.9 Å². The first kappa shape index (κ1) is 28.7. The maximum Gasteiger partial charge on any atom is 0.320 e. The monoisotopic (exact) mass is 541 g/mol. The Bertz CT molecular complexity index is 1410. The number of nitrogens with two attached hydrogens (primary N) is 1. The summed E-state index contributed by atoms with van der Waals surface area (Å²) in [5, 5.41) is 2.96. The molecule has 210 valence electrons. The fourth-order valence-electron chi connectivity index (χ4n) is 5.33. The minimum Gasteiger partial charge on any atom is -0.378 e. The van der Waals surface area contributed by atoms with E-state index in [0.717, 1.165) is 22.4 Å². The molecule has 1 aliphatic heterocycles. The summed E-state index contributed by atoms with van der Waals surface area (Å²) in [6, 6.07) is 21.5. The van der Waals surface area contributed by atoms with Crippen molar-refractivity contribution < 1.29 is 14.4 Å². The number of fused-ring (bicyclic) bond motifs is 1. The van der Waals surface area contributed by atoms with Crippen LogP contribution < -0.4 is 25.8 Å². The van der Waals surface area contributed by atoms with E-state index in [-0.39, 0.29) is 24.3 Å². The number of carbonyl (C=O) groups excluding carboxylic acids is 3. The molecule has 0 aliphatic carbocycles. The van der Waals surface area contributed by atoms with Crippen LogP contribution in [0.5, 0.6) is 0 Å². The quantitative estimate of drug-likeness (QED) is 0.468. The number of para-hydroxylation sites is 1. The van der Waals surface area contributed by atoms with E-state index in [2.05, 4.69) is 11.4 Å². The summed E-state index contributed by atoms with van der Waals surface area (Å²) in [4.78, 5) is 45.6. The molecule has 0 bridgehead atoms. The maximum atomic E-state index is 14.5. The fraction of sp³-hybridized carbons (Fsp3) is 0.344. The van der Waals surface area contributed by atoms with Crippen LogP contribution in [0.3, 0.4) is 0 Å². The summed E-state index contributed by atoms with van der Waals surface area (Å²) in [5.74, 6) is -0.890. The van der Waals surface area contributed by atoms with Gasteiger partial charge in [-0.3, -0.25) is 14.5 Å². The number of amides is 4. The van der Waals surface area contributed by atoms with Gasteiger partial charge in [0.2, 0.25) is 5.91 Å². The van der Waals surface area contributed by atoms with Crippen LogP contribution in [0.2, 0.25) is 0 Å². The molecule has 0 saturated heterocycles. The van der Waals surface area contributed by atoms with Crippen molar-refractivity contribution in [1.29, 1.82) is 0 Å². The summed E-state index contributed by atoms with van der Waals surface area (Å²) in [6.45, 7) is 7.42. The second-order valence-electron chi connectivity index (χ2n) is 11.6. The van der Waals surface area contributed by atoms with Crippen LogP contribution in [0.15, 0.2) is 72.8 Å². The lowest BCUT2D eigenvalue weighted by Crippen LogP contribution is -2.55. The molecule has 0 fully saturated rings. The van der Waals surface area contributed by atoms with Crippen LogP contribution in [0.25, 0.3) is 0 Å². The maximum absolute atomic E-state index is 14.5. The van der Waals surface area contributed by atoms with Crippen molar-refractivity contribution in [2.45, 2.75) is 51.6 Å². The Labute approximate surface area is 236 Å². The Balaban J connectivity index is 1.91. The zero-order valence-corrected chi connectivity index (χ0v) is 24.1. The van der Waals surface area contributed by atoms with Gasteiger partial charge in [0.1, 0.15) is 12.6 Å². The number of hydrogen-bond acceptors (Lipinski definition) is 4. The smallest absolute Gasteiger partial charge is 0.320 e. The lowest BCUT2D eigenvalue weighted by molar-refractivity contribution is -0.125. The van der Waals surface area contributed by atoms with Gasteiger partial charge in [0, 0.05) is 42.6 Å². The molecule has 2 unspecified atom stereocenters. The first-order valence-electron chi connectivity index (χ1n) is 13.5. The predicted octanol–water partition coefficient (Wildman–Crippen LogP) is 4.80. The largest absolute Gasteiger partial charge is 0.378 e.